The minimum atomic E-state index is -4.98. The van der Waals surface area contributed by atoms with Gasteiger partial charge >= 0.3 is 10.7 Å². The lowest BCUT2D eigenvalue weighted by Crippen LogP contribution is -2.33. The minimum Gasteiger partial charge on any atom is -0.356 e. The summed E-state index contributed by atoms with van der Waals surface area (Å²) in [6.07, 6.45) is -4.98. The molecular weight excluding hydrogens is 168 g/mol. The third-order valence-electron chi connectivity index (χ3n) is 0.341. The molecule has 0 spiro atoms. The predicted octanol–water partition coefficient (Wildman–Crippen LogP) is 1.67. The van der Waals surface area contributed by atoms with Crippen LogP contribution in [0.3, 0.4) is 0 Å². The van der Waals surface area contributed by atoms with Gasteiger partial charge in [0.15, 0.2) is 0 Å². The lowest BCUT2D eigenvalue weighted by molar-refractivity contribution is -0.193. The second-order valence-corrected chi connectivity index (χ2v) is 2.33. The van der Waals surface area contributed by atoms with Gasteiger partial charge in [0.2, 0.25) is 0 Å². The first kappa shape index (κ1) is 8.33. The van der Waals surface area contributed by atoms with Crippen molar-refractivity contribution in [2.45, 2.75) is 10.7 Å². The van der Waals surface area contributed by atoms with Crippen LogP contribution in [-0.2, 0) is 0 Å². The molecule has 8 heavy (non-hydrogen) atoms. The van der Waals surface area contributed by atoms with E-state index in [0.717, 1.165) is 0 Å². The summed E-state index contributed by atoms with van der Waals surface area (Å²) in [4.78, 5) is 0. The summed E-state index contributed by atoms with van der Waals surface area (Å²) in [6.45, 7) is 0. The van der Waals surface area contributed by atoms with Crippen LogP contribution >= 0.6 is 23.2 Å². The second kappa shape index (κ2) is 1.93. The average Bonchev–Trinajstić information content (AvgIpc) is 1.25. The number of hydrogen-bond donors (Lipinski definition) is 1. The van der Waals surface area contributed by atoms with Crippen LogP contribution < -0.4 is 0 Å². The Balaban J connectivity index is 4.02. The fourth-order valence-corrected chi connectivity index (χ4v) is 0. The summed E-state index contributed by atoms with van der Waals surface area (Å²) < 4.78 is 29.5. The van der Waals surface area contributed by atoms with Gasteiger partial charge in [-0.2, -0.15) is 13.2 Å². The van der Waals surface area contributed by atoms with E-state index in [1.54, 1.807) is 0 Å². The standard InChI is InChI=1S/C2HCl2F3O/c3-1(4,8)2(5,6)7/h8H. The Morgan fingerprint density at radius 1 is 1.12 bits per heavy atom. The SMILES string of the molecule is OC(Cl)(Cl)C(F)(F)F. The Labute approximate surface area is 53.0 Å². The number of rotatable bonds is 0. The highest BCUT2D eigenvalue weighted by Gasteiger charge is 2.51. The molecule has 0 saturated carbocycles. The highest BCUT2D eigenvalue weighted by molar-refractivity contribution is 6.47. The van der Waals surface area contributed by atoms with Gasteiger partial charge in [0.25, 0.3) is 0 Å². The van der Waals surface area contributed by atoms with E-state index in [1.165, 1.54) is 0 Å². The maximum Gasteiger partial charge on any atom is 0.447 e. The number of hydrogen-bond acceptors (Lipinski definition) is 1. The fraction of sp³-hybridized carbons (Fsp3) is 1.00. The third kappa shape index (κ3) is 2.07. The highest BCUT2D eigenvalue weighted by Crippen LogP contribution is 2.36. The van der Waals surface area contributed by atoms with Gasteiger partial charge in [0.1, 0.15) is 0 Å². The van der Waals surface area contributed by atoms with Crippen molar-refractivity contribution in [1.29, 1.82) is 0 Å². The van der Waals surface area contributed by atoms with Crippen LogP contribution in [-0.4, -0.2) is 15.8 Å². The number of halogens is 5. The molecule has 50 valence electrons. The average molecular weight is 169 g/mol. The van der Waals surface area contributed by atoms with Crippen molar-refractivity contribution in [3.05, 3.63) is 0 Å². The van der Waals surface area contributed by atoms with E-state index in [1.807, 2.05) is 0 Å². The van der Waals surface area contributed by atoms with Gasteiger partial charge in [-0.1, -0.05) is 23.2 Å². The Bertz CT molecular complexity index is 70.3. The molecular formula is C2HCl2F3O. The van der Waals surface area contributed by atoms with E-state index >= 15 is 0 Å². The maximum atomic E-state index is 11.0. The molecule has 1 nitrogen and oxygen atoms in total. The van der Waals surface area contributed by atoms with Crippen molar-refractivity contribution < 1.29 is 18.3 Å². The van der Waals surface area contributed by atoms with Crippen LogP contribution in [0.2, 0.25) is 0 Å². The molecule has 0 heterocycles. The van der Waals surface area contributed by atoms with Crippen LogP contribution in [0.4, 0.5) is 13.2 Å². The van der Waals surface area contributed by atoms with Crippen molar-refractivity contribution >= 4 is 23.2 Å². The maximum absolute atomic E-state index is 11.0. The first-order chi connectivity index (χ1) is 3.25. The van der Waals surface area contributed by atoms with Gasteiger partial charge in [-0.05, 0) is 0 Å². The van der Waals surface area contributed by atoms with E-state index in [2.05, 4.69) is 23.2 Å². The van der Waals surface area contributed by atoms with E-state index < -0.39 is 10.7 Å². The molecule has 0 radical (unpaired) electrons. The Kier molecular flexibility index (Phi) is 2.01. The number of aliphatic hydroxyl groups is 1. The first-order valence-electron chi connectivity index (χ1n) is 1.42. The normalized spacial score (nSPS) is 14.2. The molecule has 0 atom stereocenters. The zero-order chi connectivity index (χ0) is 7.00. The molecule has 0 unspecified atom stereocenters. The Morgan fingerprint density at radius 3 is 1.25 bits per heavy atom. The van der Waals surface area contributed by atoms with Gasteiger partial charge in [-0.3, -0.25) is 0 Å². The third-order valence-corrected chi connectivity index (χ3v) is 0.770. The van der Waals surface area contributed by atoms with Crippen molar-refractivity contribution in [3.8, 4) is 0 Å². The fourth-order valence-electron chi connectivity index (χ4n) is 0. The zero-order valence-corrected chi connectivity index (χ0v) is 4.85. The molecule has 0 rings (SSSR count). The van der Waals surface area contributed by atoms with Crippen LogP contribution in [0.25, 0.3) is 0 Å². The molecule has 1 N–H and O–H groups in total. The molecule has 6 heteroatoms. The molecule has 0 aromatic rings. The molecule has 0 aromatic heterocycles. The lowest BCUT2D eigenvalue weighted by atomic mass is 10.7. The summed E-state index contributed by atoms with van der Waals surface area (Å²) in [6, 6.07) is 0. The minimum absolute atomic E-state index is 3.62. The van der Waals surface area contributed by atoms with Crippen LogP contribution in [0.1, 0.15) is 0 Å². The van der Waals surface area contributed by atoms with Crippen molar-refractivity contribution in [3.63, 3.8) is 0 Å². The summed E-state index contributed by atoms with van der Waals surface area (Å²) in [5.41, 5.74) is 0. The van der Waals surface area contributed by atoms with Gasteiger partial charge in [-0.15, -0.1) is 0 Å². The van der Waals surface area contributed by atoms with Crippen molar-refractivity contribution in [2.24, 2.45) is 0 Å². The van der Waals surface area contributed by atoms with E-state index in [-0.39, 0.29) is 0 Å². The van der Waals surface area contributed by atoms with Crippen molar-refractivity contribution in [2.75, 3.05) is 0 Å². The lowest BCUT2D eigenvalue weighted by Gasteiger charge is -2.14. The summed E-state index contributed by atoms with van der Waals surface area (Å²) in [5, 5.41) is 7.76. The van der Waals surface area contributed by atoms with Crippen LogP contribution in [0.15, 0.2) is 0 Å². The molecule has 0 amide bonds. The van der Waals surface area contributed by atoms with Gasteiger partial charge in [0, 0.05) is 0 Å². The van der Waals surface area contributed by atoms with Crippen LogP contribution in [0, 0.1) is 0 Å². The highest BCUT2D eigenvalue weighted by atomic mass is 35.5. The summed E-state index contributed by atoms with van der Waals surface area (Å²) in [5.74, 6) is 0. The van der Waals surface area contributed by atoms with Gasteiger partial charge in [-0.25, -0.2) is 0 Å². The summed E-state index contributed by atoms with van der Waals surface area (Å²) >= 11 is 8.41. The van der Waals surface area contributed by atoms with E-state index in [9.17, 15) is 13.2 Å². The smallest absolute Gasteiger partial charge is 0.356 e. The summed E-state index contributed by atoms with van der Waals surface area (Å²) in [7, 11) is 0. The monoisotopic (exact) mass is 168 g/mol. The van der Waals surface area contributed by atoms with E-state index in [4.69, 9.17) is 5.11 Å². The molecule has 0 aliphatic carbocycles. The zero-order valence-electron chi connectivity index (χ0n) is 3.34. The number of alkyl halides is 5. The molecule has 0 fully saturated rings. The largest absolute Gasteiger partial charge is 0.447 e. The molecule has 0 aliphatic rings. The van der Waals surface area contributed by atoms with Gasteiger partial charge < -0.3 is 5.11 Å². The van der Waals surface area contributed by atoms with Crippen molar-refractivity contribution in [1.82, 2.24) is 0 Å². The predicted molar refractivity (Wildman–Crippen MR) is 22.7 cm³/mol. The van der Waals surface area contributed by atoms with Crippen LogP contribution in [0.5, 0.6) is 0 Å². The quantitative estimate of drug-likeness (QED) is 0.546. The Morgan fingerprint density at radius 2 is 1.25 bits per heavy atom. The van der Waals surface area contributed by atoms with Gasteiger partial charge in [0.05, 0.1) is 0 Å². The molecule has 0 aromatic carbocycles. The first-order valence-corrected chi connectivity index (χ1v) is 2.17. The molecule has 0 bridgehead atoms. The topological polar surface area (TPSA) is 20.2 Å². The van der Waals surface area contributed by atoms with E-state index in [0.29, 0.717) is 0 Å². The second-order valence-electron chi connectivity index (χ2n) is 1.04. The molecule has 0 saturated heterocycles. The molecule has 0 aliphatic heterocycles. The Hall–Kier alpha value is 0.330.